The van der Waals surface area contributed by atoms with Crippen molar-refractivity contribution in [2.45, 2.75) is 6.61 Å². The standard InChI is InChI=1S/C14H13NO4/c16-15(17)13-7-4-8-14(9-13)19-11-18-10-12-5-2-1-3-6-12/h1-9H,10-11H2. The Labute approximate surface area is 110 Å². The van der Waals surface area contributed by atoms with Crippen LogP contribution >= 0.6 is 0 Å². The van der Waals surface area contributed by atoms with Crippen molar-refractivity contribution in [1.29, 1.82) is 0 Å². The van der Waals surface area contributed by atoms with Gasteiger partial charge in [0.05, 0.1) is 17.6 Å². The highest BCUT2D eigenvalue weighted by Gasteiger charge is 2.05. The average molecular weight is 259 g/mol. The molecule has 0 radical (unpaired) electrons. The third kappa shape index (κ3) is 4.08. The molecule has 2 aromatic rings. The van der Waals surface area contributed by atoms with E-state index in [0.29, 0.717) is 12.4 Å². The molecule has 19 heavy (non-hydrogen) atoms. The van der Waals surface area contributed by atoms with E-state index in [2.05, 4.69) is 0 Å². The molecule has 0 aliphatic heterocycles. The van der Waals surface area contributed by atoms with E-state index in [4.69, 9.17) is 9.47 Å². The molecule has 0 saturated heterocycles. The largest absolute Gasteiger partial charge is 0.467 e. The summed E-state index contributed by atoms with van der Waals surface area (Å²) >= 11 is 0. The molecule has 0 bridgehead atoms. The second-order valence-corrected chi connectivity index (χ2v) is 3.85. The quantitative estimate of drug-likeness (QED) is 0.346. The summed E-state index contributed by atoms with van der Waals surface area (Å²) in [5.74, 6) is 0.419. The average Bonchev–Trinajstić information content (AvgIpc) is 2.45. The van der Waals surface area contributed by atoms with Crippen molar-refractivity contribution < 1.29 is 14.4 Å². The monoisotopic (exact) mass is 259 g/mol. The minimum Gasteiger partial charge on any atom is -0.467 e. The van der Waals surface area contributed by atoms with Gasteiger partial charge in [0.25, 0.3) is 5.69 Å². The van der Waals surface area contributed by atoms with Crippen LogP contribution in [0.3, 0.4) is 0 Å². The molecule has 0 saturated carbocycles. The highest BCUT2D eigenvalue weighted by Crippen LogP contribution is 2.19. The number of ether oxygens (including phenoxy) is 2. The SMILES string of the molecule is O=[N+]([O-])c1cccc(OCOCc2ccccc2)c1. The second kappa shape index (κ2) is 6.51. The lowest BCUT2D eigenvalue weighted by Gasteiger charge is -2.07. The molecule has 0 atom stereocenters. The topological polar surface area (TPSA) is 61.6 Å². The van der Waals surface area contributed by atoms with Crippen LogP contribution in [0.2, 0.25) is 0 Å². The zero-order chi connectivity index (χ0) is 13.5. The molecule has 0 unspecified atom stereocenters. The van der Waals surface area contributed by atoms with Crippen molar-refractivity contribution in [2.75, 3.05) is 6.79 Å². The van der Waals surface area contributed by atoms with E-state index >= 15 is 0 Å². The summed E-state index contributed by atoms with van der Waals surface area (Å²) in [4.78, 5) is 10.1. The summed E-state index contributed by atoms with van der Waals surface area (Å²) < 4.78 is 10.6. The van der Waals surface area contributed by atoms with Gasteiger partial charge in [-0.1, -0.05) is 36.4 Å². The van der Waals surface area contributed by atoms with Crippen LogP contribution in [0.5, 0.6) is 5.75 Å². The maximum atomic E-state index is 10.6. The Morgan fingerprint density at radius 1 is 1.05 bits per heavy atom. The molecular formula is C14H13NO4. The molecule has 5 heteroatoms. The van der Waals surface area contributed by atoms with Gasteiger partial charge in [0, 0.05) is 6.07 Å². The van der Waals surface area contributed by atoms with E-state index in [0.717, 1.165) is 5.56 Å². The first-order valence-corrected chi connectivity index (χ1v) is 5.74. The molecule has 98 valence electrons. The third-order valence-corrected chi connectivity index (χ3v) is 2.45. The lowest BCUT2D eigenvalue weighted by atomic mass is 10.2. The van der Waals surface area contributed by atoms with Crippen LogP contribution in [0.25, 0.3) is 0 Å². The summed E-state index contributed by atoms with van der Waals surface area (Å²) in [6.45, 7) is 0.492. The fraction of sp³-hybridized carbons (Fsp3) is 0.143. The molecule has 0 fully saturated rings. The summed E-state index contributed by atoms with van der Waals surface area (Å²) in [6.07, 6.45) is 0. The first-order chi connectivity index (χ1) is 9.25. The van der Waals surface area contributed by atoms with Crippen LogP contribution in [0.1, 0.15) is 5.56 Å². The Bertz CT molecular complexity index is 542. The van der Waals surface area contributed by atoms with Crippen molar-refractivity contribution >= 4 is 5.69 Å². The molecular weight excluding hydrogens is 246 g/mol. The van der Waals surface area contributed by atoms with Crippen molar-refractivity contribution in [2.24, 2.45) is 0 Å². The van der Waals surface area contributed by atoms with Gasteiger partial charge in [0.15, 0.2) is 6.79 Å². The minimum absolute atomic E-state index is 0.000518. The first kappa shape index (κ1) is 13.0. The van der Waals surface area contributed by atoms with Gasteiger partial charge in [-0.15, -0.1) is 0 Å². The van der Waals surface area contributed by atoms with Crippen molar-refractivity contribution in [1.82, 2.24) is 0 Å². The smallest absolute Gasteiger partial charge is 0.273 e. The highest BCUT2D eigenvalue weighted by atomic mass is 16.7. The van der Waals surface area contributed by atoms with E-state index in [1.807, 2.05) is 30.3 Å². The lowest BCUT2D eigenvalue weighted by Crippen LogP contribution is -2.03. The first-order valence-electron chi connectivity index (χ1n) is 5.74. The number of hydrogen-bond donors (Lipinski definition) is 0. The summed E-state index contributed by atoms with van der Waals surface area (Å²) in [5, 5.41) is 10.6. The number of nitro benzene ring substituents is 1. The molecule has 0 aromatic heterocycles. The van der Waals surface area contributed by atoms with Gasteiger partial charge in [-0.05, 0) is 11.6 Å². The molecule has 0 heterocycles. The second-order valence-electron chi connectivity index (χ2n) is 3.85. The van der Waals surface area contributed by atoms with Crippen LogP contribution in [-0.2, 0) is 11.3 Å². The van der Waals surface area contributed by atoms with Crippen LogP contribution < -0.4 is 4.74 Å². The minimum atomic E-state index is -0.461. The number of hydrogen-bond acceptors (Lipinski definition) is 4. The van der Waals surface area contributed by atoms with Crippen molar-refractivity contribution in [3.05, 3.63) is 70.3 Å². The molecule has 0 N–H and O–H groups in total. The Morgan fingerprint density at radius 2 is 1.84 bits per heavy atom. The molecule has 0 aliphatic rings. The van der Waals surface area contributed by atoms with E-state index < -0.39 is 4.92 Å². The number of non-ortho nitro benzene ring substituents is 1. The highest BCUT2D eigenvalue weighted by molar-refractivity contribution is 5.37. The van der Waals surface area contributed by atoms with Crippen molar-refractivity contribution in [3.8, 4) is 5.75 Å². The van der Waals surface area contributed by atoms with Crippen LogP contribution in [0.4, 0.5) is 5.69 Å². The maximum Gasteiger partial charge on any atom is 0.273 e. The zero-order valence-corrected chi connectivity index (χ0v) is 10.2. The number of benzene rings is 2. The molecule has 0 spiro atoms. The summed E-state index contributed by atoms with van der Waals surface area (Å²) in [6, 6.07) is 15.7. The Hall–Kier alpha value is -2.40. The van der Waals surface area contributed by atoms with E-state index in [9.17, 15) is 10.1 Å². The third-order valence-electron chi connectivity index (χ3n) is 2.45. The number of rotatable bonds is 6. The molecule has 5 nitrogen and oxygen atoms in total. The van der Waals surface area contributed by atoms with E-state index in [-0.39, 0.29) is 12.5 Å². The summed E-state index contributed by atoms with van der Waals surface area (Å²) in [5.41, 5.74) is 1.05. The van der Waals surface area contributed by atoms with Gasteiger partial charge in [0.1, 0.15) is 5.75 Å². The van der Waals surface area contributed by atoms with Gasteiger partial charge < -0.3 is 9.47 Å². The molecule has 0 amide bonds. The molecule has 0 aliphatic carbocycles. The Morgan fingerprint density at radius 3 is 2.58 bits per heavy atom. The van der Waals surface area contributed by atoms with Gasteiger partial charge in [-0.25, -0.2) is 0 Å². The maximum absolute atomic E-state index is 10.6. The van der Waals surface area contributed by atoms with Crippen LogP contribution in [0.15, 0.2) is 54.6 Å². The van der Waals surface area contributed by atoms with E-state index in [1.165, 1.54) is 12.1 Å². The van der Waals surface area contributed by atoms with Crippen LogP contribution in [-0.4, -0.2) is 11.7 Å². The molecule has 2 aromatic carbocycles. The van der Waals surface area contributed by atoms with Gasteiger partial charge in [0.2, 0.25) is 0 Å². The molecule has 2 rings (SSSR count). The predicted molar refractivity (Wildman–Crippen MR) is 69.8 cm³/mol. The Balaban J connectivity index is 1.80. The fourth-order valence-electron chi connectivity index (χ4n) is 1.53. The zero-order valence-electron chi connectivity index (χ0n) is 10.2. The van der Waals surface area contributed by atoms with Crippen LogP contribution in [0, 0.1) is 10.1 Å². The number of nitro groups is 1. The number of nitrogens with zero attached hydrogens (tertiary/aromatic N) is 1. The van der Waals surface area contributed by atoms with E-state index in [1.54, 1.807) is 12.1 Å². The van der Waals surface area contributed by atoms with Crippen molar-refractivity contribution in [3.63, 3.8) is 0 Å². The van der Waals surface area contributed by atoms with Gasteiger partial charge in [-0.2, -0.15) is 0 Å². The Kier molecular flexibility index (Phi) is 4.47. The normalized spacial score (nSPS) is 10.1. The van der Waals surface area contributed by atoms with Gasteiger partial charge in [-0.3, -0.25) is 10.1 Å². The van der Waals surface area contributed by atoms with Gasteiger partial charge >= 0.3 is 0 Å². The summed E-state index contributed by atoms with van der Waals surface area (Å²) in [7, 11) is 0. The fourth-order valence-corrected chi connectivity index (χ4v) is 1.53. The predicted octanol–water partition coefficient (Wildman–Crippen LogP) is 3.15. The lowest BCUT2D eigenvalue weighted by molar-refractivity contribution is -0.385.